The normalized spacial score (nSPS) is 30.5. The fourth-order valence-corrected chi connectivity index (χ4v) is 2.84. The topological polar surface area (TPSA) is 15.7 Å². The van der Waals surface area contributed by atoms with Crippen LogP contribution in [0, 0.1) is 5.92 Å². The van der Waals surface area contributed by atoms with E-state index in [4.69, 9.17) is 4.74 Å². The molecule has 3 heteroatoms. The fourth-order valence-electron chi connectivity index (χ4n) is 2.84. The molecule has 1 rings (SSSR count). The van der Waals surface area contributed by atoms with Crippen molar-refractivity contribution in [3.63, 3.8) is 0 Å². The Hall–Kier alpha value is -0.120. The lowest BCUT2D eigenvalue weighted by atomic mass is 9.85. The van der Waals surface area contributed by atoms with Gasteiger partial charge in [0.25, 0.3) is 0 Å². The number of methoxy groups -OCH3 is 1. The molecule has 3 nitrogen and oxygen atoms in total. The van der Waals surface area contributed by atoms with Crippen molar-refractivity contribution >= 4 is 0 Å². The first-order valence-corrected chi connectivity index (χ1v) is 6.76. The van der Waals surface area contributed by atoms with Gasteiger partial charge in [-0.2, -0.15) is 0 Å². The van der Waals surface area contributed by atoms with Crippen molar-refractivity contribution in [2.45, 2.75) is 52.2 Å². The average molecular weight is 242 g/mol. The van der Waals surface area contributed by atoms with Gasteiger partial charge in [0.05, 0.1) is 6.61 Å². The highest BCUT2D eigenvalue weighted by Crippen LogP contribution is 2.29. The second-order valence-electron chi connectivity index (χ2n) is 6.30. The summed E-state index contributed by atoms with van der Waals surface area (Å²) < 4.78 is 5.33. The van der Waals surface area contributed by atoms with Gasteiger partial charge in [-0.25, -0.2) is 0 Å². The molecule has 0 amide bonds. The molecular weight excluding hydrogens is 212 g/mol. The summed E-state index contributed by atoms with van der Waals surface area (Å²) in [6, 6.07) is 1.26. The summed E-state index contributed by atoms with van der Waals surface area (Å²) in [5.74, 6) is 0.547. The molecule has 0 spiro atoms. The summed E-state index contributed by atoms with van der Waals surface area (Å²) in [6.45, 7) is 14.8. The van der Waals surface area contributed by atoms with Gasteiger partial charge in [-0.1, -0.05) is 6.92 Å². The van der Waals surface area contributed by atoms with Crippen LogP contribution in [0.2, 0.25) is 0 Å². The Morgan fingerprint density at radius 1 is 1.24 bits per heavy atom. The van der Waals surface area contributed by atoms with Gasteiger partial charge >= 0.3 is 0 Å². The quantitative estimate of drug-likeness (QED) is 0.750. The Kier molecular flexibility index (Phi) is 4.99. The second kappa shape index (κ2) is 5.68. The molecule has 102 valence electrons. The minimum atomic E-state index is 0.199. The summed E-state index contributed by atoms with van der Waals surface area (Å²) in [7, 11) is 4.02. The second-order valence-corrected chi connectivity index (χ2v) is 6.30. The number of hydrogen-bond donors (Lipinski definition) is 0. The van der Waals surface area contributed by atoms with Crippen molar-refractivity contribution in [1.29, 1.82) is 0 Å². The number of piperazine rings is 1. The summed E-state index contributed by atoms with van der Waals surface area (Å²) in [6.07, 6.45) is 0. The number of ether oxygens (including phenoxy) is 1. The van der Waals surface area contributed by atoms with E-state index in [1.54, 1.807) is 7.11 Å². The van der Waals surface area contributed by atoms with Crippen LogP contribution in [0.4, 0.5) is 0 Å². The van der Waals surface area contributed by atoms with Crippen molar-refractivity contribution in [3.05, 3.63) is 0 Å². The predicted molar refractivity (Wildman–Crippen MR) is 73.4 cm³/mol. The third-order valence-electron chi connectivity index (χ3n) is 4.66. The van der Waals surface area contributed by atoms with Crippen LogP contribution in [0.25, 0.3) is 0 Å². The van der Waals surface area contributed by atoms with Gasteiger partial charge < -0.3 is 9.64 Å². The number of hydrogen-bond acceptors (Lipinski definition) is 3. The maximum absolute atomic E-state index is 5.33. The van der Waals surface area contributed by atoms with Crippen molar-refractivity contribution in [1.82, 2.24) is 9.80 Å². The van der Waals surface area contributed by atoms with E-state index in [-0.39, 0.29) is 5.54 Å². The molecule has 17 heavy (non-hydrogen) atoms. The van der Waals surface area contributed by atoms with Crippen LogP contribution in [-0.4, -0.2) is 61.3 Å². The fraction of sp³-hybridized carbons (Fsp3) is 1.00. The summed E-state index contributed by atoms with van der Waals surface area (Å²) in [5.41, 5.74) is 0.199. The van der Waals surface area contributed by atoms with Crippen LogP contribution in [0.5, 0.6) is 0 Å². The predicted octanol–water partition coefficient (Wildman–Crippen LogP) is 2.07. The van der Waals surface area contributed by atoms with Gasteiger partial charge in [-0.15, -0.1) is 0 Å². The first-order valence-electron chi connectivity index (χ1n) is 6.76. The zero-order chi connectivity index (χ0) is 13.2. The maximum Gasteiger partial charge on any atom is 0.0505 e. The van der Waals surface area contributed by atoms with E-state index >= 15 is 0 Å². The van der Waals surface area contributed by atoms with Crippen molar-refractivity contribution in [3.8, 4) is 0 Å². The molecule has 1 aliphatic heterocycles. The summed E-state index contributed by atoms with van der Waals surface area (Å²) in [4.78, 5) is 5.11. The van der Waals surface area contributed by atoms with Gasteiger partial charge in [-0.05, 0) is 40.7 Å². The standard InChI is InChI=1S/C14H30N2O/c1-11(10-17-7)14(4,5)16-9-12(2)15(6)8-13(16)3/h11-13H,8-10H2,1-7H3. The molecule has 1 fully saturated rings. The summed E-state index contributed by atoms with van der Waals surface area (Å²) in [5, 5.41) is 0. The molecule has 3 unspecified atom stereocenters. The smallest absolute Gasteiger partial charge is 0.0505 e. The molecule has 0 bridgehead atoms. The molecule has 0 aromatic carbocycles. The molecule has 0 aromatic rings. The SMILES string of the molecule is COCC(C)C(C)(C)N1CC(C)N(C)CC1C. The molecule has 1 heterocycles. The molecule has 3 atom stereocenters. The maximum atomic E-state index is 5.33. The van der Waals surface area contributed by atoms with Gasteiger partial charge in [0.1, 0.15) is 0 Å². The van der Waals surface area contributed by atoms with E-state index in [0.717, 1.165) is 19.7 Å². The van der Waals surface area contributed by atoms with Gasteiger partial charge in [-0.3, -0.25) is 4.90 Å². The van der Waals surface area contributed by atoms with Crippen LogP contribution >= 0.6 is 0 Å². The van der Waals surface area contributed by atoms with E-state index < -0.39 is 0 Å². The summed E-state index contributed by atoms with van der Waals surface area (Å²) >= 11 is 0. The largest absolute Gasteiger partial charge is 0.384 e. The lowest BCUT2D eigenvalue weighted by molar-refractivity contribution is -0.0461. The van der Waals surface area contributed by atoms with Gasteiger partial charge in [0.15, 0.2) is 0 Å². The Morgan fingerprint density at radius 2 is 1.82 bits per heavy atom. The molecule has 0 aliphatic carbocycles. The molecule has 1 saturated heterocycles. The molecule has 1 aliphatic rings. The van der Waals surface area contributed by atoms with E-state index in [9.17, 15) is 0 Å². The molecule has 0 N–H and O–H groups in total. The zero-order valence-corrected chi connectivity index (χ0v) is 12.7. The number of rotatable bonds is 4. The van der Waals surface area contributed by atoms with Crippen LogP contribution in [0.1, 0.15) is 34.6 Å². The van der Waals surface area contributed by atoms with Crippen molar-refractivity contribution in [2.24, 2.45) is 5.92 Å². The number of nitrogens with zero attached hydrogens (tertiary/aromatic N) is 2. The Labute approximate surface area is 107 Å². The third-order valence-corrected chi connectivity index (χ3v) is 4.66. The number of likely N-dealkylation sites (N-methyl/N-ethyl adjacent to an activating group) is 1. The first-order chi connectivity index (χ1) is 7.80. The highest BCUT2D eigenvalue weighted by atomic mass is 16.5. The van der Waals surface area contributed by atoms with Crippen LogP contribution in [0.15, 0.2) is 0 Å². The lowest BCUT2D eigenvalue weighted by Crippen LogP contribution is -2.63. The van der Waals surface area contributed by atoms with Crippen molar-refractivity contribution < 1.29 is 4.74 Å². The van der Waals surface area contributed by atoms with E-state index in [1.807, 2.05) is 0 Å². The lowest BCUT2D eigenvalue weighted by Gasteiger charge is -2.52. The molecule has 0 radical (unpaired) electrons. The van der Waals surface area contributed by atoms with Crippen LogP contribution in [-0.2, 0) is 4.74 Å². The molecule has 0 saturated carbocycles. The van der Waals surface area contributed by atoms with Gasteiger partial charge in [0, 0.05) is 37.8 Å². The zero-order valence-electron chi connectivity index (χ0n) is 12.7. The van der Waals surface area contributed by atoms with E-state index in [2.05, 4.69) is 51.5 Å². The molecule has 0 aromatic heterocycles. The van der Waals surface area contributed by atoms with E-state index in [1.165, 1.54) is 0 Å². The van der Waals surface area contributed by atoms with E-state index in [0.29, 0.717) is 18.0 Å². The minimum absolute atomic E-state index is 0.199. The average Bonchev–Trinajstić information content (AvgIpc) is 2.23. The first kappa shape index (κ1) is 14.9. The minimum Gasteiger partial charge on any atom is -0.384 e. The molecular formula is C14H30N2O. The Bertz CT molecular complexity index is 242. The Balaban J connectivity index is 2.76. The Morgan fingerprint density at radius 3 is 2.35 bits per heavy atom. The van der Waals surface area contributed by atoms with Crippen molar-refractivity contribution in [2.75, 3.05) is 33.9 Å². The van der Waals surface area contributed by atoms with Gasteiger partial charge in [0.2, 0.25) is 0 Å². The van der Waals surface area contributed by atoms with Crippen LogP contribution < -0.4 is 0 Å². The third kappa shape index (κ3) is 3.21. The highest BCUT2D eigenvalue weighted by molar-refractivity contribution is 4.94. The monoisotopic (exact) mass is 242 g/mol. The van der Waals surface area contributed by atoms with Crippen LogP contribution in [0.3, 0.4) is 0 Å². The highest BCUT2D eigenvalue weighted by Gasteiger charge is 2.39.